The summed E-state index contributed by atoms with van der Waals surface area (Å²) in [5, 5.41) is 5.66. The summed E-state index contributed by atoms with van der Waals surface area (Å²) in [5.41, 5.74) is 1.14. The molecule has 0 aliphatic heterocycles. The van der Waals surface area contributed by atoms with E-state index in [1.165, 1.54) is 12.3 Å². The molecule has 0 atom stereocenters. The van der Waals surface area contributed by atoms with E-state index in [2.05, 4.69) is 20.5 Å². The van der Waals surface area contributed by atoms with Crippen molar-refractivity contribution in [2.45, 2.75) is 26.4 Å². The lowest BCUT2D eigenvalue weighted by Gasteiger charge is -2.15. The molecule has 7 nitrogen and oxygen atoms in total. The number of para-hydroxylation sites is 2. The molecular formula is C21H28N4O3. The van der Waals surface area contributed by atoms with Crippen LogP contribution in [-0.2, 0) is 0 Å². The quantitative estimate of drug-likeness (QED) is 0.650. The maximum Gasteiger partial charge on any atom is 0.269 e. The van der Waals surface area contributed by atoms with E-state index in [1.54, 1.807) is 18.2 Å². The largest absolute Gasteiger partial charge is 0.489 e. The number of benzene rings is 1. The summed E-state index contributed by atoms with van der Waals surface area (Å²) < 4.78 is 5.72. The van der Waals surface area contributed by atoms with Crippen LogP contribution in [-0.4, -0.2) is 55.0 Å². The number of nitrogens with zero attached hydrogens (tertiary/aromatic N) is 2. The first-order valence-corrected chi connectivity index (χ1v) is 9.33. The van der Waals surface area contributed by atoms with Crippen molar-refractivity contribution in [1.29, 1.82) is 0 Å². The number of hydrogen-bond acceptors (Lipinski definition) is 5. The highest BCUT2D eigenvalue weighted by Gasteiger charge is 2.14. The van der Waals surface area contributed by atoms with Crippen LogP contribution in [0.25, 0.3) is 0 Å². The van der Waals surface area contributed by atoms with Crippen LogP contribution in [0.15, 0.2) is 42.6 Å². The van der Waals surface area contributed by atoms with E-state index in [4.69, 9.17) is 4.74 Å². The minimum absolute atomic E-state index is 0.0122. The van der Waals surface area contributed by atoms with Gasteiger partial charge in [0.15, 0.2) is 0 Å². The molecule has 2 N–H and O–H groups in total. The lowest BCUT2D eigenvalue weighted by Crippen LogP contribution is -2.28. The van der Waals surface area contributed by atoms with E-state index >= 15 is 0 Å². The summed E-state index contributed by atoms with van der Waals surface area (Å²) in [6, 6.07) is 10.3. The zero-order valence-electron chi connectivity index (χ0n) is 16.9. The molecule has 1 aromatic carbocycles. The minimum atomic E-state index is -0.330. The third-order valence-electron chi connectivity index (χ3n) is 3.82. The molecule has 2 aromatic rings. The molecule has 0 saturated heterocycles. The Bertz CT molecular complexity index is 806. The van der Waals surface area contributed by atoms with Gasteiger partial charge in [-0.05, 0) is 65.2 Å². The van der Waals surface area contributed by atoms with Gasteiger partial charge in [0.25, 0.3) is 11.8 Å². The molecule has 7 heteroatoms. The molecule has 150 valence electrons. The molecule has 0 aliphatic carbocycles. The third-order valence-corrected chi connectivity index (χ3v) is 3.82. The highest BCUT2D eigenvalue weighted by molar-refractivity contribution is 6.06. The maximum atomic E-state index is 12.6. The van der Waals surface area contributed by atoms with Gasteiger partial charge < -0.3 is 20.3 Å². The van der Waals surface area contributed by atoms with Crippen LogP contribution in [0.2, 0.25) is 0 Å². The zero-order valence-corrected chi connectivity index (χ0v) is 16.9. The van der Waals surface area contributed by atoms with Gasteiger partial charge in [0, 0.05) is 18.3 Å². The van der Waals surface area contributed by atoms with Gasteiger partial charge in [-0.25, -0.2) is 0 Å². The van der Waals surface area contributed by atoms with E-state index in [0.717, 1.165) is 13.0 Å². The van der Waals surface area contributed by atoms with Crippen LogP contribution < -0.4 is 15.4 Å². The van der Waals surface area contributed by atoms with Crippen molar-refractivity contribution in [3.63, 3.8) is 0 Å². The number of anilines is 1. The van der Waals surface area contributed by atoms with Crippen LogP contribution >= 0.6 is 0 Å². The number of hydrogen-bond donors (Lipinski definition) is 2. The van der Waals surface area contributed by atoms with Crippen molar-refractivity contribution in [2.75, 3.05) is 32.5 Å². The Hall–Kier alpha value is -2.93. The number of pyridine rings is 1. The van der Waals surface area contributed by atoms with Crippen molar-refractivity contribution < 1.29 is 14.3 Å². The van der Waals surface area contributed by atoms with E-state index in [9.17, 15) is 9.59 Å². The van der Waals surface area contributed by atoms with Gasteiger partial charge >= 0.3 is 0 Å². The number of amides is 2. The van der Waals surface area contributed by atoms with E-state index < -0.39 is 0 Å². The number of carbonyl (C=O) groups is 2. The van der Waals surface area contributed by atoms with Crippen molar-refractivity contribution >= 4 is 17.5 Å². The highest BCUT2D eigenvalue weighted by atomic mass is 16.5. The minimum Gasteiger partial charge on any atom is -0.489 e. The molecule has 28 heavy (non-hydrogen) atoms. The molecule has 0 radical (unpaired) electrons. The average molecular weight is 384 g/mol. The highest BCUT2D eigenvalue weighted by Crippen LogP contribution is 2.25. The Balaban J connectivity index is 2.03. The molecule has 0 unspecified atom stereocenters. The molecule has 0 bridgehead atoms. The Morgan fingerprint density at radius 3 is 2.61 bits per heavy atom. The summed E-state index contributed by atoms with van der Waals surface area (Å²) in [6.45, 7) is 5.28. The standard InChI is InChI=1S/C21H28N4O3/c1-15(2)28-19-9-6-5-8-17(19)24-20(26)16-10-12-22-18(14-16)21(27)23-11-7-13-25(3)4/h5-6,8-10,12,14-15H,7,11,13H2,1-4H3,(H,23,27)(H,24,26). The van der Waals surface area contributed by atoms with Crippen LogP contribution in [0.1, 0.15) is 41.1 Å². The number of nitrogens with one attached hydrogen (secondary N) is 2. The number of aromatic nitrogens is 1. The molecule has 2 rings (SSSR count). The summed E-state index contributed by atoms with van der Waals surface area (Å²) in [6.07, 6.45) is 2.29. The van der Waals surface area contributed by atoms with Gasteiger partial charge in [0.2, 0.25) is 0 Å². The van der Waals surface area contributed by atoms with Crippen LogP contribution in [0.5, 0.6) is 5.75 Å². The summed E-state index contributed by atoms with van der Waals surface area (Å²) in [4.78, 5) is 31.0. The van der Waals surface area contributed by atoms with Gasteiger partial charge in [-0.1, -0.05) is 12.1 Å². The van der Waals surface area contributed by atoms with Gasteiger partial charge in [-0.2, -0.15) is 0 Å². The first-order chi connectivity index (χ1) is 13.4. The lowest BCUT2D eigenvalue weighted by atomic mass is 10.2. The summed E-state index contributed by atoms with van der Waals surface area (Å²) in [7, 11) is 3.96. The first-order valence-electron chi connectivity index (χ1n) is 9.33. The molecule has 0 spiro atoms. The van der Waals surface area contributed by atoms with Crippen LogP contribution in [0.4, 0.5) is 5.69 Å². The Kier molecular flexibility index (Phi) is 7.95. The van der Waals surface area contributed by atoms with Crippen LogP contribution in [0, 0.1) is 0 Å². The second-order valence-electron chi connectivity index (χ2n) is 6.96. The van der Waals surface area contributed by atoms with Gasteiger partial charge in [-0.3, -0.25) is 14.6 Å². The Morgan fingerprint density at radius 1 is 1.14 bits per heavy atom. The Morgan fingerprint density at radius 2 is 1.89 bits per heavy atom. The predicted octanol–water partition coefficient (Wildman–Crippen LogP) is 2.80. The number of ether oxygens (including phenoxy) is 1. The van der Waals surface area contributed by atoms with Gasteiger partial charge in [0.1, 0.15) is 11.4 Å². The van der Waals surface area contributed by atoms with E-state index in [-0.39, 0.29) is 23.6 Å². The number of carbonyl (C=O) groups excluding carboxylic acids is 2. The van der Waals surface area contributed by atoms with Gasteiger partial charge in [-0.15, -0.1) is 0 Å². The molecule has 2 amide bonds. The molecule has 0 saturated carbocycles. The second-order valence-corrected chi connectivity index (χ2v) is 6.96. The predicted molar refractivity (Wildman–Crippen MR) is 110 cm³/mol. The fraction of sp³-hybridized carbons (Fsp3) is 0.381. The maximum absolute atomic E-state index is 12.6. The molecule has 1 aromatic heterocycles. The van der Waals surface area contributed by atoms with Gasteiger partial charge in [0.05, 0.1) is 11.8 Å². The topological polar surface area (TPSA) is 83.6 Å². The lowest BCUT2D eigenvalue weighted by molar-refractivity contribution is 0.0947. The summed E-state index contributed by atoms with van der Waals surface area (Å²) >= 11 is 0. The molecule has 1 heterocycles. The van der Waals surface area contributed by atoms with Crippen molar-refractivity contribution in [3.05, 3.63) is 53.9 Å². The van der Waals surface area contributed by atoms with Crippen molar-refractivity contribution in [1.82, 2.24) is 15.2 Å². The SMILES string of the molecule is CC(C)Oc1ccccc1NC(=O)c1ccnc(C(=O)NCCCN(C)C)c1. The third kappa shape index (κ3) is 6.66. The van der Waals surface area contributed by atoms with E-state index in [0.29, 0.717) is 23.5 Å². The number of rotatable bonds is 9. The molecule has 0 aliphatic rings. The normalized spacial score (nSPS) is 10.8. The van der Waals surface area contributed by atoms with Crippen LogP contribution in [0.3, 0.4) is 0 Å². The van der Waals surface area contributed by atoms with Crippen molar-refractivity contribution in [2.24, 2.45) is 0 Å². The molecular weight excluding hydrogens is 356 g/mol. The fourth-order valence-corrected chi connectivity index (χ4v) is 2.50. The second kappa shape index (κ2) is 10.4. The molecule has 0 fully saturated rings. The fourth-order valence-electron chi connectivity index (χ4n) is 2.50. The smallest absolute Gasteiger partial charge is 0.269 e. The zero-order chi connectivity index (χ0) is 20.5. The van der Waals surface area contributed by atoms with Crippen molar-refractivity contribution in [3.8, 4) is 5.75 Å². The first kappa shape index (κ1) is 21.4. The monoisotopic (exact) mass is 384 g/mol. The summed E-state index contributed by atoms with van der Waals surface area (Å²) in [5.74, 6) is -0.0282. The van der Waals surface area contributed by atoms with E-state index in [1.807, 2.05) is 40.1 Å². The Labute approximate surface area is 166 Å². The average Bonchev–Trinajstić information content (AvgIpc) is 2.66.